The number of nitrogens with one attached hydrogen (secondary N) is 1. The van der Waals surface area contributed by atoms with E-state index in [1.54, 1.807) is 13.1 Å². The van der Waals surface area contributed by atoms with Crippen LogP contribution in [0.15, 0.2) is 59.6 Å². The van der Waals surface area contributed by atoms with Gasteiger partial charge in [-0.3, -0.25) is 0 Å². The molecule has 130 valence electrons. The number of halogens is 1. The predicted molar refractivity (Wildman–Crippen MR) is 96.5 cm³/mol. The molecule has 0 amide bonds. The average Bonchev–Trinajstić information content (AvgIpc) is 3.01. The molecule has 1 heterocycles. The van der Waals surface area contributed by atoms with Crippen LogP contribution < -0.4 is 4.72 Å². The fourth-order valence-corrected chi connectivity index (χ4v) is 4.66. The highest BCUT2D eigenvalue weighted by Crippen LogP contribution is 2.19. The molecule has 7 heteroatoms. The maximum Gasteiger partial charge on any atom is 0.241 e. The van der Waals surface area contributed by atoms with E-state index in [4.69, 9.17) is 0 Å². The van der Waals surface area contributed by atoms with E-state index in [9.17, 15) is 12.8 Å². The molecular formula is C18H17FN2O2S2. The number of aryl methyl sites for hydroxylation is 1. The zero-order valence-electron chi connectivity index (χ0n) is 13.6. The Kier molecular flexibility index (Phi) is 5.27. The van der Waals surface area contributed by atoms with E-state index in [0.29, 0.717) is 10.6 Å². The van der Waals surface area contributed by atoms with Crippen molar-refractivity contribution in [1.29, 1.82) is 0 Å². The highest BCUT2D eigenvalue weighted by Gasteiger charge is 2.17. The maximum absolute atomic E-state index is 13.1. The van der Waals surface area contributed by atoms with Crippen LogP contribution >= 0.6 is 11.3 Å². The van der Waals surface area contributed by atoms with Crippen molar-refractivity contribution in [2.45, 2.75) is 24.8 Å². The second-order valence-corrected chi connectivity index (χ2v) is 8.55. The van der Waals surface area contributed by atoms with Crippen molar-refractivity contribution in [2.24, 2.45) is 0 Å². The summed E-state index contributed by atoms with van der Waals surface area (Å²) < 4.78 is 40.4. The van der Waals surface area contributed by atoms with Gasteiger partial charge in [-0.05, 0) is 36.2 Å². The first kappa shape index (κ1) is 17.7. The van der Waals surface area contributed by atoms with E-state index < -0.39 is 15.8 Å². The molecule has 3 aromatic rings. The predicted octanol–water partition coefficient (Wildman–Crippen LogP) is 3.66. The third-order valence-corrected chi connectivity index (χ3v) is 6.22. The van der Waals surface area contributed by atoms with Crippen LogP contribution in [0, 0.1) is 12.7 Å². The minimum atomic E-state index is -3.71. The van der Waals surface area contributed by atoms with Gasteiger partial charge in [0.15, 0.2) is 0 Å². The summed E-state index contributed by atoms with van der Waals surface area (Å²) in [6.07, 6.45) is 2.53. The summed E-state index contributed by atoms with van der Waals surface area (Å²) in [5.74, 6) is -0.457. The third-order valence-electron chi connectivity index (χ3n) is 3.66. The molecule has 0 aliphatic heterocycles. The average molecular weight is 376 g/mol. The molecule has 0 unspecified atom stereocenters. The Morgan fingerprint density at radius 1 is 1.16 bits per heavy atom. The van der Waals surface area contributed by atoms with Crippen LogP contribution in [-0.4, -0.2) is 13.4 Å². The number of thiazole rings is 1. The number of hydrogen-bond donors (Lipinski definition) is 1. The van der Waals surface area contributed by atoms with Crippen LogP contribution in [0.2, 0.25) is 0 Å². The molecule has 4 nitrogen and oxygen atoms in total. The van der Waals surface area contributed by atoms with Crippen molar-refractivity contribution in [1.82, 2.24) is 9.71 Å². The first-order valence-electron chi connectivity index (χ1n) is 7.67. The summed E-state index contributed by atoms with van der Waals surface area (Å²) in [6.45, 7) is 1.68. The number of sulfonamides is 1. The lowest BCUT2D eigenvalue weighted by atomic mass is 10.1. The number of hydrogen-bond acceptors (Lipinski definition) is 4. The molecule has 0 atom stereocenters. The van der Waals surface area contributed by atoms with Gasteiger partial charge in [-0.1, -0.05) is 30.3 Å². The van der Waals surface area contributed by atoms with E-state index in [-0.39, 0.29) is 11.4 Å². The molecule has 0 aliphatic rings. The van der Waals surface area contributed by atoms with E-state index in [2.05, 4.69) is 9.71 Å². The van der Waals surface area contributed by atoms with Crippen LogP contribution in [0.3, 0.4) is 0 Å². The Morgan fingerprint density at radius 2 is 1.92 bits per heavy atom. The standard InChI is InChI=1S/C18H17FN2O2S2/c1-13-9-15(19)7-8-17(13)25(22,23)21-12-18-20-11-16(24-18)10-14-5-3-2-4-6-14/h2-9,11,21H,10,12H2,1H3. The SMILES string of the molecule is Cc1cc(F)ccc1S(=O)(=O)NCc1ncc(Cc2ccccc2)s1. The summed E-state index contributed by atoms with van der Waals surface area (Å²) in [5, 5.41) is 0.689. The number of rotatable bonds is 6. The molecule has 0 bridgehead atoms. The van der Waals surface area contributed by atoms with Crippen molar-refractivity contribution in [3.05, 3.63) is 81.6 Å². The number of aromatic nitrogens is 1. The monoisotopic (exact) mass is 376 g/mol. The van der Waals surface area contributed by atoms with Crippen LogP contribution in [0.5, 0.6) is 0 Å². The van der Waals surface area contributed by atoms with Gasteiger partial charge < -0.3 is 0 Å². The Bertz CT molecular complexity index is 970. The van der Waals surface area contributed by atoms with Gasteiger partial charge >= 0.3 is 0 Å². The van der Waals surface area contributed by atoms with E-state index in [1.807, 2.05) is 30.3 Å². The minimum Gasteiger partial charge on any atom is -0.248 e. The first-order chi connectivity index (χ1) is 11.9. The Hall–Kier alpha value is -2.09. The van der Waals surface area contributed by atoms with Crippen molar-refractivity contribution in [3.63, 3.8) is 0 Å². The molecule has 1 aromatic heterocycles. The van der Waals surface area contributed by atoms with Crippen LogP contribution in [0.25, 0.3) is 0 Å². The van der Waals surface area contributed by atoms with E-state index >= 15 is 0 Å². The summed E-state index contributed by atoms with van der Waals surface area (Å²) in [7, 11) is -3.71. The molecule has 0 fully saturated rings. The van der Waals surface area contributed by atoms with Gasteiger partial charge in [-0.25, -0.2) is 22.5 Å². The summed E-state index contributed by atoms with van der Waals surface area (Å²) in [5.41, 5.74) is 1.55. The molecular weight excluding hydrogens is 359 g/mol. The highest BCUT2D eigenvalue weighted by atomic mass is 32.2. The fourth-order valence-electron chi connectivity index (χ4n) is 2.46. The largest absolute Gasteiger partial charge is 0.248 e. The fraction of sp³-hybridized carbons (Fsp3) is 0.167. The summed E-state index contributed by atoms with van der Waals surface area (Å²) in [6, 6.07) is 13.6. The Balaban J connectivity index is 1.67. The molecule has 0 spiro atoms. The number of benzene rings is 2. The quantitative estimate of drug-likeness (QED) is 0.714. The second kappa shape index (κ2) is 7.43. The van der Waals surface area contributed by atoms with Crippen LogP contribution in [-0.2, 0) is 23.0 Å². The van der Waals surface area contributed by atoms with Gasteiger partial charge in [-0.15, -0.1) is 11.3 Å². The van der Waals surface area contributed by atoms with Crippen LogP contribution in [0.4, 0.5) is 4.39 Å². The zero-order valence-corrected chi connectivity index (χ0v) is 15.2. The maximum atomic E-state index is 13.1. The van der Waals surface area contributed by atoms with Crippen molar-refractivity contribution in [3.8, 4) is 0 Å². The molecule has 1 N–H and O–H groups in total. The van der Waals surface area contributed by atoms with E-state index in [0.717, 1.165) is 17.4 Å². The topological polar surface area (TPSA) is 59.1 Å². The third kappa shape index (κ3) is 4.50. The molecule has 0 saturated carbocycles. The summed E-state index contributed by atoms with van der Waals surface area (Å²) in [4.78, 5) is 5.42. The van der Waals surface area contributed by atoms with Gasteiger partial charge in [-0.2, -0.15) is 0 Å². The smallest absolute Gasteiger partial charge is 0.241 e. The van der Waals surface area contributed by atoms with Crippen molar-refractivity contribution < 1.29 is 12.8 Å². The van der Waals surface area contributed by atoms with Gasteiger partial charge in [0, 0.05) is 17.5 Å². The number of nitrogens with zero attached hydrogens (tertiary/aromatic N) is 1. The van der Waals surface area contributed by atoms with Gasteiger partial charge in [0.1, 0.15) is 10.8 Å². The van der Waals surface area contributed by atoms with Gasteiger partial charge in [0.2, 0.25) is 10.0 Å². The minimum absolute atomic E-state index is 0.0787. The van der Waals surface area contributed by atoms with E-state index in [1.165, 1.54) is 29.0 Å². The highest BCUT2D eigenvalue weighted by molar-refractivity contribution is 7.89. The van der Waals surface area contributed by atoms with Crippen molar-refractivity contribution in [2.75, 3.05) is 0 Å². The lowest BCUT2D eigenvalue weighted by molar-refractivity contribution is 0.579. The molecule has 0 radical (unpaired) electrons. The van der Waals surface area contributed by atoms with Crippen LogP contribution in [0.1, 0.15) is 21.0 Å². The lowest BCUT2D eigenvalue weighted by Gasteiger charge is -2.08. The molecule has 25 heavy (non-hydrogen) atoms. The second-order valence-electron chi connectivity index (χ2n) is 5.62. The Morgan fingerprint density at radius 3 is 2.64 bits per heavy atom. The molecule has 0 saturated heterocycles. The Labute approximate surface area is 150 Å². The summed E-state index contributed by atoms with van der Waals surface area (Å²) >= 11 is 1.47. The molecule has 3 rings (SSSR count). The molecule has 2 aromatic carbocycles. The normalized spacial score (nSPS) is 11.6. The first-order valence-corrected chi connectivity index (χ1v) is 9.97. The van der Waals surface area contributed by atoms with Gasteiger partial charge in [0.05, 0.1) is 11.4 Å². The van der Waals surface area contributed by atoms with Gasteiger partial charge in [0.25, 0.3) is 0 Å². The van der Waals surface area contributed by atoms with Crippen molar-refractivity contribution >= 4 is 21.4 Å². The molecule has 0 aliphatic carbocycles. The zero-order chi connectivity index (χ0) is 17.9. The lowest BCUT2D eigenvalue weighted by Crippen LogP contribution is -2.24.